The van der Waals surface area contributed by atoms with Crippen molar-refractivity contribution in [1.29, 1.82) is 0 Å². The van der Waals surface area contributed by atoms with Crippen LogP contribution in [0.3, 0.4) is 0 Å². The van der Waals surface area contributed by atoms with Crippen molar-refractivity contribution in [2.24, 2.45) is 5.92 Å². The molecule has 1 amide bonds. The van der Waals surface area contributed by atoms with Crippen molar-refractivity contribution in [2.75, 3.05) is 6.54 Å². The van der Waals surface area contributed by atoms with Gasteiger partial charge in [-0.25, -0.2) is 0 Å². The summed E-state index contributed by atoms with van der Waals surface area (Å²) in [7, 11) is 0. The van der Waals surface area contributed by atoms with Gasteiger partial charge in [0.05, 0.1) is 30.1 Å². The SMILES string of the molecule is CCc1c(C(=O)NCC(O)C(C)CC)cnn1Cc1ccccc1. The Labute approximate surface area is 143 Å². The Morgan fingerprint density at radius 1 is 1.29 bits per heavy atom. The van der Waals surface area contributed by atoms with Crippen molar-refractivity contribution < 1.29 is 9.90 Å². The molecule has 0 saturated heterocycles. The second-order valence-electron chi connectivity index (χ2n) is 6.16. The highest BCUT2D eigenvalue weighted by Crippen LogP contribution is 2.13. The fourth-order valence-corrected chi connectivity index (χ4v) is 2.63. The number of benzene rings is 1. The summed E-state index contributed by atoms with van der Waals surface area (Å²) in [5.74, 6) is -0.00901. The van der Waals surface area contributed by atoms with E-state index < -0.39 is 6.10 Å². The van der Waals surface area contributed by atoms with E-state index in [0.717, 1.165) is 24.1 Å². The highest BCUT2D eigenvalue weighted by molar-refractivity contribution is 5.95. The van der Waals surface area contributed by atoms with Gasteiger partial charge >= 0.3 is 0 Å². The molecule has 24 heavy (non-hydrogen) atoms. The van der Waals surface area contributed by atoms with Crippen molar-refractivity contribution in [3.05, 3.63) is 53.3 Å². The van der Waals surface area contributed by atoms with Gasteiger partial charge in [-0.15, -0.1) is 0 Å². The number of aliphatic hydroxyl groups excluding tert-OH is 1. The van der Waals surface area contributed by atoms with E-state index in [0.29, 0.717) is 12.1 Å². The van der Waals surface area contributed by atoms with E-state index in [4.69, 9.17) is 0 Å². The summed E-state index contributed by atoms with van der Waals surface area (Å²) in [5, 5.41) is 17.2. The number of amides is 1. The molecule has 0 fully saturated rings. The van der Waals surface area contributed by atoms with Gasteiger partial charge in [-0.3, -0.25) is 9.48 Å². The van der Waals surface area contributed by atoms with Crippen LogP contribution < -0.4 is 5.32 Å². The molecule has 1 aromatic carbocycles. The van der Waals surface area contributed by atoms with E-state index in [2.05, 4.69) is 10.4 Å². The monoisotopic (exact) mass is 329 g/mol. The number of hydrogen-bond acceptors (Lipinski definition) is 3. The van der Waals surface area contributed by atoms with Crippen LogP contribution in [-0.2, 0) is 13.0 Å². The van der Waals surface area contributed by atoms with Crippen LogP contribution in [0, 0.1) is 5.92 Å². The van der Waals surface area contributed by atoms with E-state index >= 15 is 0 Å². The Hall–Kier alpha value is -2.14. The molecule has 2 N–H and O–H groups in total. The lowest BCUT2D eigenvalue weighted by Gasteiger charge is -2.17. The zero-order valence-corrected chi connectivity index (χ0v) is 14.7. The van der Waals surface area contributed by atoms with Gasteiger partial charge in [-0.05, 0) is 17.9 Å². The van der Waals surface area contributed by atoms with Gasteiger partial charge in [-0.2, -0.15) is 5.10 Å². The molecular weight excluding hydrogens is 302 g/mol. The normalized spacial score (nSPS) is 13.5. The molecule has 0 aliphatic heterocycles. The van der Waals surface area contributed by atoms with Crippen LogP contribution >= 0.6 is 0 Å². The average molecular weight is 329 g/mol. The molecule has 0 radical (unpaired) electrons. The second kappa shape index (κ2) is 8.64. The summed E-state index contributed by atoms with van der Waals surface area (Å²) in [4.78, 5) is 12.4. The summed E-state index contributed by atoms with van der Waals surface area (Å²) >= 11 is 0. The second-order valence-corrected chi connectivity index (χ2v) is 6.16. The number of nitrogens with zero attached hydrogens (tertiary/aromatic N) is 2. The maximum atomic E-state index is 12.4. The average Bonchev–Trinajstić information content (AvgIpc) is 3.02. The van der Waals surface area contributed by atoms with E-state index in [1.807, 2.05) is 55.8 Å². The maximum Gasteiger partial charge on any atom is 0.254 e. The minimum atomic E-state index is -0.525. The third-order valence-corrected chi connectivity index (χ3v) is 4.48. The van der Waals surface area contributed by atoms with Crippen LogP contribution in [0.25, 0.3) is 0 Å². The van der Waals surface area contributed by atoms with Gasteiger partial charge in [0.25, 0.3) is 5.91 Å². The third-order valence-electron chi connectivity index (χ3n) is 4.48. The summed E-state index contributed by atoms with van der Waals surface area (Å²) in [6.45, 7) is 6.93. The Balaban J connectivity index is 2.06. The van der Waals surface area contributed by atoms with Gasteiger partial charge < -0.3 is 10.4 Å². The van der Waals surface area contributed by atoms with Crippen molar-refractivity contribution in [2.45, 2.75) is 46.3 Å². The molecule has 0 bridgehead atoms. The number of carbonyl (C=O) groups excluding carboxylic acids is 1. The quantitative estimate of drug-likeness (QED) is 0.782. The standard InChI is InChI=1S/C19H27N3O2/c1-4-14(3)18(23)12-20-19(24)16-11-21-22(17(16)5-2)13-15-9-7-6-8-10-15/h6-11,14,18,23H,4-5,12-13H2,1-3H3,(H,20,24). The molecule has 5 heteroatoms. The number of nitrogens with one attached hydrogen (secondary N) is 1. The predicted octanol–water partition coefficient (Wildman–Crippen LogP) is 2.63. The first-order valence-electron chi connectivity index (χ1n) is 8.61. The number of rotatable bonds is 8. The molecule has 1 aromatic heterocycles. The first-order valence-corrected chi connectivity index (χ1v) is 8.61. The van der Waals surface area contributed by atoms with E-state index in [-0.39, 0.29) is 18.4 Å². The van der Waals surface area contributed by atoms with Crippen molar-refractivity contribution >= 4 is 5.91 Å². The molecule has 5 nitrogen and oxygen atoms in total. The zero-order chi connectivity index (χ0) is 17.5. The topological polar surface area (TPSA) is 67.2 Å². The molecule has 2 unspecified atom stereocenters. The van der Waals surface area contributed by atoms with E-state index in [1.165, 1.54) is 0 Å². The fourth-order valence-electron chi connectivity index (χ4n) is 2.63. The lowest BCUT2D eigenvalue weighted by molar-refractivity contribution is 0.0849. The molecule has 0 saturated carbocycles. The Morgan fingerprint density at radius 3 is 2.62 bits per heavy atom. The predicted molar refractivity (Wildman–Crippen MR) is 94.9 cm³/mol. The minimum absolute atomic E-state index is 0.164. The van der Waals surface area contributed by atoms with E-state index in [1.54, 1.807) is 6.20 Å². The van der Waals surface area contributed by atoms with Crippen molar-refractivity contribution in [1.82, 2.24) is 15.1 Å². The van der Waals surface area contributed by atoms with Gasteiger partial charge in [0, 0.05) is 6.54 Å². The molecule has 0 aliphatic rings. The third kappa shape index (κ3) is 4.45. The molecule has 2 rings (SSSR count). The molecule has 0 spiro atoms. The summed E-state index contributed by atoms with van der Waals surface area (Å²) < 4.78 is 1.87. The van der Waals surface area contributed by atoms with E-state index in [9.17, 15) is 9.90 Å². The zero-order valence-electron chi connectivity index (χ0n) is 14.7. The van der Waals surface area contributed by atoms with Gasteiger partial charge in [0.2, 0.25) is 0 Å². The lowest BCUT2D eigenvalue weighted by atomic mass is 10.0. The Bertz CT molecular complexity index is 652. The first-order chi connectivity index (χ1) is 11.6. The van der Waals surface area contributed by atoms with Gasteiger partial charge in [0.1, 0.15) is 0 Å². The Kier molecular flexibility index (Phi) is 6.55. The van der Waals surface area contributed by atoms with Crippen molar-refractivity contribution in [3.8, 4) is 0 Å². The Morgan fingerprint density at radius 2 is 2.00 bits per heavy atom. The van der Waals surface area contributed by atoms with Crippen LogP contribution in [0.4, 0.5) is 0 Å². The minimum Gasteiger partial charge on any atom is -0.391 e. The van der Waals surface area contributed by atoms with Crippen LogP contribution in [0.15, 0.2) is 36.5 Å². The summed E-state index contributed by atoms with van der Waals surface area (Å²) in [6.07, 6.45) is 2.70. The van der Waals surface area contributed by atoms with Crippen LogP contribution in [-0.4, -0.2) is 33.4 Å². The fraction of sp³-hybridized carbons (Fsp3) is 0.474. The van der Waals surface area contributed by atoms with Crippen molar-refractivity contribution in [3.63, 3.8) is 0 Å². The molecule has 1 heterocycles. The number of hydrogen-bond donors (Lipinski definition) is 2. The first kappa shape index (κ1) is 18.2. The van der Waals surface area contributed by atoms with Crippen LogP contribution in [0.1, 0.15) is 48.8 Å². The van der Waals surface area contributed by atoms with Gasteiger partial charge in [-0.1, -0.05) is 57.5 Å². The summed E-state index contributed by atoms with van der Waals surface area (Å²) in [5.41, 5.74) is 2.65. The lowest BCUT2D eigenvalue weighted by Crippen LogP contribution is -2.35. The molecular formula is C19H27N3O2. The van der Waals surface area contributed by atoms with Crippen LogP contribution in [0.2, 0.25) is 0 Å². The molecule has 0 aliphatic carbocycles. The molecule has 2 aromatic rings. The van der Waals surface area contributed by atoms with Gasteiger partial charge in [0.15, 0.2) is 0 Å². The highest BCUT2D eigenvalue weighted by atomic mass is 16.3. The molecule has 2 atom stereocenters. The maximum absolute atomic E-state index is 12.4. The smallest absolute Gasteiger partial charge is 0.254 e. The number of carbonyl (C=O) groups is 1. The largest absolute Gasteiger partial charge is 0.391 e. The number of aliphatic hydroxyl groups is 1. The number of aromatic nitrogens is 2. The van der Waals surface area contributed by atoms with Crippen LogP contribution in [0.5, 0.6) is 0 Å². The summed E-state index contributed by atoms with van der Waals surface area (Å²) in [6, 6.07) is 10.1. The molecule has 130 valence electrons. The highest BCUT2D eigenvalue weighted by Gasteiger charge is 2.18.